The van der Waals surface area contributed by atoms with Gasteiger partial charge in [0.1, 0.15) is 0 Å². The number of amides is 1. The van der Waals surface area contributed by atoms with E-state index in [0.29, 0.717) is 17.2 Å². The minimum atomic E-state index is -0.924. The number of carboxylic acids is 1. The van der Waals surface area contributed by atoms with Crippen LogP contribution in [0.2, 0.25) is 0 Å². The van der Waals surface area contributed by atoms with Gasteiger partial charge in [-0.05, 0) is 19.3 Å². The van der Waals surface area contributed by atoms with Crippen LogP contribution in [0.1, 0.15) is 103 Å². The zero-order valence-corrected chi connectivity index (χ0v) is 18.6. The van der Waals surface area contributed by atoms with E-state index in [1.807, 2.05) is 0 Å². The summed E-state index contributed by atoms with van der Waals surface area (Å²) >= 11 is 1.25. The molecule has 0 saturated heterocycles. The Bertz CT molecular complexity index is 646. The lowest BCUT2D eigenvalue weighted by Crippen LogP contribution is -2.11. The molecule has 1 rings (SSSR count). The summed E-state index contributed by atoms with van der Waals surface area (Å²) < 4.78 is 0. The lowest BCUT2D eigenvalue weighted by atomic mass is 10.1. The van der Waals surface area contributed by atoms with E-state index in [1.165, 1.54) is 69.1 Å². The number of aromatic nitrogens is 1. The molecule has 0 unspecified atom stereocenters. The second kappa shape index (κ2) is 17.0. The van der Waals surface area contributed by atoms with Crippen LogP contribution in [0.15, 0.2) is 5.38 Å². The van der Waals surface area contributed by atoms with E-state index in [4.69, 9.17) is 5.11 Å². The van der Waals surface area contributed by atoms with E-state index in [-0.39, 0.29) is 12.3 Å². The number of hydrogen-bond donors (Lipinski definition) is 2. The Balaban J connectivity index is 1.94. The van der Waals surface area contributed by atoms with Crippen molar-refractivity contribution in [1.29, 1.82) is 0 Å². The van der Waals surface area contributed by atoms with Crippen LogP contribution in [-0.2, 0) is 16.0 Å². The SMILES string of the molecule is CCCCCCCCCCCC#CCCCCC(=O)Nc1nc(CC(=O)O)cs1. The highest BCUT2D eigenvalue weighted by molar-refractivity contribution is 7.13. The number of aliphatic carboxylic acids is 1. The van der Waals surface area contributed by atoms with Crippen LogP contribution in [0.5, 0.6) is 0 Å². The van der Waals surface area contributed by atoms with Gasteiger partial charge in [-0.25, -0.2) is 4.98 Å². The molecule has 0 atom stereocenters. The van der Waals surface area contributed by atoms with Crippen LogP contribution >= 0.6 is 11.3 Å². The molecule has 0 bridgehead atoms. The van der Waals surface area contributed by atoms with Gasteiger partial charge < -0.3 is 10.4 Å². The number of hydrogen-bond acceptors (Lipinski definition) is 4. The normalized spacial score (nSPS) is 10.4. The molecule has 5 nitrogen and oxygen atoms in total. The molecule has 0 aliphatic carbocycles. The number of carbonyl (C=O) groups is 2. The third kappa shape index (κ3) is 14.7. The fourth-order valence-corrected chi connectivity index (χ4v) is 3.71. The predicted octanol–water partition coefficient (Wildman–Crippen LogP) is 6.19. The molecule has 1 amide bonds. The number of carboxylic acid groups (broad SMARTS) is 1. The molecule has 0 aromatic carbocycles. The molecule has 162 valence electrons. The van der Waals surface area contributed by atoms with Crippen molar-refractivity contribution in [2.45, 2.75) is 103 Å². The number of nitrogens with one attached hydrogen (secondary N) is 1. The summed E-state index contributed by atoms with van der Waals surface area (Å²) in [6, 6.07) is 0. The van der Waals surface area contributed by atoms with Gasteiger partial charge in [0.2, 0.25) is 5.91 Å². The quantitative estimate of drug-likeness (QED) is 0.247. The summed E-state index contributed by atoms with van der Waals surface area (Å²) in [6.07, 6.45) is 15.9. The van der Waals surface area contributed by atoms with Crippen LogP contribution < -0.4 is 5.32 Å². The zero-order chi connectivity index (χ0) is 21.2. The number of carbonyl (C=O) groups excluding carboxylic acids is 1. The van der Waals surface area contributed by atoms with Crippen molar-refractivity contribution in [3.63, 3.8) is 0 Å². The molecule has 1 aromatic rings. The van der Waals surface area contributed by atoms with E-state index in [0.717, 1.165) is 25.7 Å². The van der Waals surface area contributed by atoms with Crippen LogP contribution in [-0.4, -0.2) is 22.0 Å². The number of unbranched alkanes of at least 4 members (excludes halogenated alkanes) is 11. The predicted molar refractivity (Wildman–Crippen MR) is 120 cm³/mol. The number of nitrogens with zero attached hydrogens (tertiary/aromatic N) is 1. The monoisotopic (exact) mass is 420 g/mol. The Morgan fingerprint density at radius 1 is 0.966 bits per heavy atom. The topological polar surface area (TPSA) is 79.3 Å². The van der Waals surface area contributed by atoms with Gasteiger partial charge in [0, 0.05) is 24.6 Å². The Hall–Kier alpha value is -1.87. The van der Waals surface area contributed by atoms with Crippen molar-refractivity contribution in [2.75, 3.05) is 5.32 Å². The largest absolute Gasteiger partial charge is 0.481 e. The number of rotatable bonds is 16. The van der Waals surface area contributed by atoms with Crippen molar-refractivity contribution in [1.82, 2.24) is 4.98 Å². The fourth-order valence-electron chi connectivity index (χ4n) is 2.98. The molecule has 0 saturated carbocycles. The summed E-state index contributed by atoms with van der Waals surface area (Å²) in [5, 5.41) is 13.6. The van der Waals surface area contributed by atoms with E-state index >= 15 is 0 Å². The molecule has 0 aliphatic heterocycles. The second-order valence-electron chi connectivity index (χ2n) is 7.40. The van der Waals surface area contributed by atoms with Crippen molar-refractivity contribution in [2.24, 2.45) is 0 Å². The summed E-state index contributed by atoms with van der Waals surface area (Å²) in [5.74, 6) is 5.45. The maximum atomic E-state index is 11.9. The van der Waals surface area contributed by atoms with Crippen molar-refractivity contribution in [3.05, 3.63) is 11.1 Å². The molecule has 1 heterocycles. The van der Waals surface area contributed by atoms with Gasteiger partial charge in [-0.2, -0.15) is 0 Å². The number of anilines is 1. The smallest absolute Gasteiger partial charge is 0.309 e. The van der Waals surface area contributed by atoms with Gasteiger partial charge in [0.25, 0.3) is 0 Å². The average Bonchev–Trinajstić information content (AvgIpc) is 3.10. The molecule has 1 aromatic heterocycles. The molecule has 2 N–H and O–H groups in total. The van der Waals surface area contributed by atoms with Crippen LogP contribution in [0.3, 0.4) is 0 Å². The third-order valence-electron chi connectivity index (χ3n) is 4.62. The second-order valence-corrected chi connectivity index (χ2v) is 8.26. The Labute approximate surface area is 179 Å². The lowest BCUT2D eigenvalue weighted by Gasteiger charge is -2.00. The maximum absolute atomic E-state index is 11.9. The van der Waals surface area contributed by atoms with Crippen molar-refractivity contribution >= 4 is 28.3 Å². The first-order valence-electron chi connectivity index (χ1n) is 11.0. The van der Waals surface area contributed by atoms with E-state index in [1.54, 1.807) is 5.38 Å². The standard InChI is InChI=1S/C23H36N2O3S/c1-2-3-4-5-6-7-8-9-10-11-12-13-14-15-16-17-21(26)25-23-24-20(19-29-23)18-22(27)28/h19H,2-11,14-18H2,1H3,(H,27,28)(H,24,25,26). The lowest BCUT2D eigenvalue weighted by molar-refractivity contribution is -0.136. The molecule has 0 radical (unpaired) electrons. The average molecular weight is 421 g/mol. The van der Waals surface area contributed by atoms with Gasteiger partial charge in [0.05, 0.1) is 12.1 Å². The van der Waals surface area contributed by atoms with E-state index < -0.39 is 5.97 Å². The highest BCUT2D eigenvalue weighted by atomic mass is 32.1. The number of thiazole rings is 1. The van der Waals surface area contributed by atoms with Gasteiger partial charge in [-0.15, -0.1) is 23.2 Å². The van der Waals surface area contributed by atoms with Gasteiger partial charge >= 0.3 is 5.97 Å². The minimum Gasteiger partial charge on any atom is -0.481 e. The minimum absolute atomic E-state index is 0.0797. The van der Waals surface area contributed by atoms with Crippen LogP contribution in [0, 0.1) is 11.8 Å². The Morgan fingerprint density at radius 3 is 2.17 bits per heavy atom. The van der Waals surface area contributed by atoms with E-state index in [9.17, 15) is 9.59 Å². The molecule has 6 heteroatoms. The Morgan fingerprint density at radius 2 is 1.55 bits per heavy atom. The first kappa shape index (κ1) is 25.2. The molecular formula is C23H36N2O3S. The zero-order valence-electron chi connectivity index (χ0n) is 17.8. The van der Waals surface area contributed by atoms with Crippen molar-refractivity contribution < 1.29 is 14.7 Å². The summed E-state index contributed by atoms with van der Waals surface area (Å²) in [4.78, 5) is 26.6. The summed E-state index contributed by atoms with van der Waals surface area (Å²) in [6.45, 7) is 2.25. The molecule has 0 spiro atoms. The fraction of sp³-hybridized carbons (Fsp3) is 0.696. The summed E-state index contributed by atoms with van der Waals surface area (Å²) in [7, 11) is 0. The van der Waals surface area contributed by atoms with Gasteiger partial charge in [0.15, 0.2) is 5.13 Å². The van der Waals surface area contributed by atoms with E-state index in [2.05, 4.69) is 29.1 Å². The molecule has 0 fully saturated rings. The molecular weight excluding hydrogens is 384 g/mol. The van der Waals surface area contributed by atoms with Crippen LogP contribution in [0.4, 0.5) is 5.13 Å². The van der Waals surface area contributed by atoms with Gasteiger partial charge in [-0.1, -0.05) is 58.3 Å². The Kier molecular flexibility index (Phi) is 14.8. The molecule has 0 aliphatic rings. The van der Waals surface area contributed by atoms with Gasteiger partial charge in [-0.3, -0.25) is 9.59 Å². The van der Waals surface area contributed by atoms with Crippen molar-refractivity contribution in [3.8, 4) is 11.8 Å². The van der Waals surface area contributed by atoms with Crippen LogP contribution in [0.25, 0.3) is 0 Å². The highest BCUT2D eigenvalue weighted by Gasteiger charge is 2.08. The summed E-state index contributed by atoms with van der Waals surface area (Å²) in [5.41, 5.74) is 0.472. The highest BCUT2D eigenvalue weighted by Crippen LogP contribution is 2.16. The molecule has 29 heavy (non-hydrogen) atoms. The first-order valence-corrected chi connectivity index (χ1v) is 11.9. The maximum Gasteiger partial charge on any atom is 0.309 e. The third-order valence-corrected chi connectivity index (χ3v) is 5.42. The first-order chi connectivity index (χ1) is 14.1.